The van der Waals surface area contributed by atoms with Gasteiger partial charge in [0.1, 0.15) is 5.78 Å². The number of nitrogens with one attached hydrogen (secondary N) is 1. The topological polar surface area (TPSA) is 44.8 Å². The largest absolute Gasteiger partial charge is 0.378 e. The minimum Gasteiger partial charge on any atom is -0.378 e. The van der Waals surface area contributed by atoms with Crippen molar-refractivity contribution >= 4 is 29.7 Å². The summed E-state index contributed by atoms with van der Waals surface area (Å²) >= 11 is 0. The maximum Gasteiger partial charge on any atom is 0.258 e. The van der Waals surface area contributed by atoms with Gasteiger partial charge in [-0.25, -0.2) is 0 Å². The van der Waals surface area contributed by atoms with Crippen molar-refractivity contribution in [2.75, 3.05) is 49.9 Å². The second-order valence-electron chi connectivity index (χ2n) is 9.10. The van der Waals surface area contributed by atoms with Crippen molar-refractivity contribution in [1.29, 1.82) is 0 Å². The van der Waals surface area contributed by atoms with Gasteiger partial charge in [-0.1, -0.05) is 44.2 Å². The van der Waals surface area contributed by atoms with Crippen LogP contribution in [-0.2, 0) is 9.09 Å². The fourth-order valence-electron chi connectivity index (χ4n) is 3.53. The Morgan fingerprint density at radius 1 is 0.788 bits per heavy atom. The Morgan fingerprint density at radius 2 is 1.30 bits per heavy atom. The third kappa shape index (κ3) is 6.19. The molecule has 0 spiro atoms. The van der Waals surface area contributed by atoms with Gasteiger partial charge in [0.15, 0.2) is 0 Å². The quantitative estimate of drug-likeness (QED) is 0.361. The highest BCUT2D eigenvalue weighted by atomic mass is 31.2. The zero-order valence-electron chi connectivity index (χ0n) is 20.5. The zero-order valence-corrected chi connectivity index (χ0v) is 21.4. The van der Waals surface area contributed by atoms with Crippen molar-refractivity contribution < 1.29 is 9.09 Å². The highest BCUT2D eigenvalue weighted by Crippen LogP contribution is 2.59. The first kappa shape index (κ1) is 24.9. The molecule has 3 aromatic carbocycles. The maximum absolute atomic E-state index is 14.8. The van der Waals surface area contributed by atoms with E-state index in [0.29, 0.717) is 11.9 Å². The molecule has 6 heteroatoms. The lowest BCUT2D eigenvalue weighted by Crippen LogP contribution is -2.22. The van der Waals surface area contributed by atoms with E-state index in [4.69, 9.17) is 4.52 Å². The lowest BCUT2D eigenvalue weighted by molar-refractivity contribution is 0.272. The molecule has 0 unspecified atom stereocenters. The summed E-state index contributed by atoms with van der Waals surface area (Å²) in [6, 6.07) is 25.9. The first-order valence-electron chi connectivity index (χ1n) is 11.3. The molecule has 0 saturated heterocycles. The summed E-state index contributed by atoms with van der Waals surface area (Å²) < 4.78 is 21.1. The van der Waals surface area contributed by atoms with E-state index in [9.17, 15) is 4.57 Å². The van der Waals surface area contributed by atoms with Gasteiger partial charge < -0.3 is 19.6 Å². The van der Waals surface area contributed by atoms with Crippen molar-refractivity contribution in [2.24, 2.45) is 5.92 Å². The van der Waals surface area contributed by atoms with E-state index in [2.05, 4.69) is 36.2 Å². The first-order valence-corrected chi connectivity index (χ1v) is 13.0. The number of rotatable bonds is 10. The van der Waals surface area contributed by atoms with Crippen molar-refractivity contribution in [3.63, 3.8) is 0 Å². The Labute approximate surface area is 198 Å². The van der Waals surface area contributed by atoms with Gasteiger partial charge in [-0.05, 0) is 60.0 Å². The van der Waals surface area contributed by atoms with Crippen LogP contribution in [0.4, 0.5) is 17.1 Å². The van der Waals surface area contributed by atoms with Crippen LogP contribution < -0.4 is 20.4 Å². The van der Waals surface area contributed by atoms with Crippen LogP contribution in [0.15, 0.2) is 78.9 Å². The van der Waals surface area contributed by atoms with Gasteiger partial charge in [0.25, 0.3) is 7.37 Å². The molecule has 2 atom stereocenters. The molecular formula is C27H36N3O2P. The minimum absolute atomic E-state index is 0.257. The molecule has 0 aliphatic carbocycles. The highest BCUT2D eigenvalue weighted by molar-refractivity contribution is 7.67. The number of hydrogen-bond donors (Lipinski definition) is 1. The molecule has 0 bridgehead atoms. The lowest BCUT2D eigenvalue weighted by atomic mass is 10.2. The third-order valence-corrected chi connectivity index (χ3v) is 8.13. The Kier molecular flexibility index (Phi) is 8.23. The van der Waals surface area contributed by atoms with Crippen LogP contribution in [-0.4, -0.2) is 34.8 Å². The smallest absolute Gasteiger partial charge is 0.258 e. The van der Waals surface area contributed by atoms with E-state index in [0.717, 1.165) is 22.6 Å². The van der Waals surface area contributed by atoms with Gasteiger partial charge in [0.05, 0.1) is 6.61 Å². The molecule has 1 N–H and O–H groups in total. The second-order valence-corrected chi connectivity index (χ2v) is 11.6. The Balaban J connectivity index is 2.11. The summed E-state index contributed by atoms with van der Waals surface area (Å²) in [7, 11) is 4.66. The fraction of sp³-hybridized carbons (Fsp3) is 0.333. The van der Waals surface area contributed by atoms with Gasteiger partial charge in [-0.2, -0.15) is 0 Å². The van der Waals surface area contributed by atoms with Crippen LogP contribution in [0.1, 0.15) is 25.2 Å². The molecule has 0 aromatic heterocycles. The second kappa shape index (κ2) is 10.9. The van der Waals surface area contributed by atoms with E-state index in [1.807, 2.05) is 99.8 Å². The SMILES string of the molecule is CC(C)CO[P@](=O)(c1ccc(N(C)C)cc1)[C@H](Nc1ccccc1)c1ccc(N(C)C)cc1. The predicted octanol–water partition coefficient (Wildman–Crippen LogP) is 6.21. The summed E-state index contributed by atoms with van der Waals surface area (Å²) in [4.78, 5) is 4.08. The molecule has 176 valence electrons. The number of benzene rings is 3. The molecule has 0 fully saturated rings. The average Bonchev–Trinajstić information content (AvgIpc) is 2.82. The van der Waals surface area contributed by atoms with Crippen LogP contribution in [0.3, 0.4) is 0 Å². The van der Waals surface area contributed by atoms with Crippen LogP contribution in [0.5, 0.6) is 0 Å². The molecule has 0 saturated carbocycles. The van der Waals surface area contributed by atoms with Crippen molar-refractivity contribution in [3.8, 4) is 0 Å². The molecule has 0 amide bonds. The van der Waals surface area contributed by atoms with Crippen LogP contribution in [0.25, 0.3) is 0 Å². The summed E-state index contributed by atoms with van der Waals surface area (Å²) in [5.74, 6) is -0.270. The van der Waals surface area contributed by atoms with E-state index in [-0.39, 0.29) is 5.92 Å². The van der Waals surface area contributed by atoms with Crippen LogP contribution in [0.2, 0.25) is 0 Å². The predicted molar refractivity (Wildman–Crippen MR) is 142 cm³/mol. The highest BCUT2D eigenvalue weighted by Gasteiger charge is 2.38. The zero-order chi connectivity index (χ0) is 24.0. The average molecular weight is 466 g/mol. The summed E-state index contributed by atoms with van der Waals surface area (Å²) in [6.07, 6.45) is 0. The van der Waals surface area contributed by atoms with E-state index in [1.54, 1.807) is 0 Å². The van der Waals surface area contributed by atoms with Gasteiger partial charge in [-0.15, -0.1) is 0 Å². The maximum atomic E-state index is 14.8. The first-order chi connectivity index (χ1) is 15.7. The molecule has 5 nitrogen and oxygen atoms in total. The Bertz CT molecular complexity index is 1050. The van der Waals surface area contributed by atoms with Crippen molar-refractivity contribution in [2.45, 2.75) is 19.6 Å². The van der Waals surface area contributed by atoms with Gasteiger partial charge in [0, 0.05) is 50.6 Å². The lowest BCUT2D eigenvalue weighted by Gasteiger charge is -2.31. The van der Waals surface area contributed by atoms with Gasteiger partial charge >= 0.3 is 0 Å². The summed E-state index contributed by atoms with van der Waals surface area (Å²) in [5.41, 5.74) is 3.97. The van der Waals surface area contributed by atoms with Crippen molar-refractivity contribution in [3.05, 3.63) is 84.4 Å². The number of hydrogen-bond acceptors (Lipinski definition) is 5. The monoisotopic (exact) mass is 465 g/mol. The minimum atomic E-state index is -3.36. The molecule has 0 aliphatic rings. The van der Waals surface area contributed by atoms with Gasteiger partial charge in [-0.3, -0.25) is 4.57 Å². The van der Waals surface area contributed by atoms with E-state index in [1.165, 1.54) is 0 Å². The number of anilines is 3. The third-order valence-electron chi connectivity index (χ3n) is 5.47. The standard InChI is InChI=1S/C27H36N3O2P/c1-21(2)20-32-33(31,26-18-16-25(17-19-26)30(5)6)27(28-23-10-8-7-9-11-23)22-12-14-24(15-13-22)29(3)4/h7-19,21,27-28H,20H2,1-6H3/t27-,33+/m0/s1. The molecule has 0 aliphatic heterocycles. The summed E-state index contributed by atoms with van der Waals surface area (Å²) in [5, 5.41) is 4.24. The molecule has 33 heavy (non-hydrogen) atoms. The Hall–Kier alpha value is -2.75. The van der Waals surface area contributed by atoms with E-state index >= 15 is 0 Å². The van der Waals surface area contributed by atoms with Crippen molar-refractivity contribution in [1.82, 2.24) is 0 Å². The van der Waals surface area contributed by atoms with Crippen LogP contribution in [0, 0.1) is 5.92 Å². The Morgan fingerprint density at radius 3 is 1.79 bits per heavy atom. The number of para-hydroxylation sites is 1. The molecule has 0 radical (unpaired) electrons. The summed E-state index contributed by atoms with van der Waals surface area (Å²) in [6.45, 7) is 4.56. The van der Waals surface area contributed by atoms with E-state index < -0.39 is 13.2 Å². The molecule has 3 aromatic rings. The van der Waals surface area contributed by atoms with Gasteiger partial charge in [0.2, 0.25) is 0 Å². The number of nitrogens with zero attached hydrogens (tertiary/aromatic N) is 2. The fourth-order valence-corrected chi connectivity index (χ4v) is 6.09. The van der Waals surface area contributed by atoms with Crippen LogP contribution >= 0.6 is 7.37 Å². The molecule has 0 heterocycles. The molecular weight excluding hydrogens is 429 g/mol. The molecule has 3 rings (SSSR count). The normalized spacial score (nSPS) is 13.9.